The number of nitrogens with zero attached hydrogens (tertiary/aromatic N) is 2. The fraction of sp³-hybridized carbons (Fsp3) is 0.500. The molecule has 0 unspecified atom stereocenters. The molecule has 0 bridgehead atoms. The van der Waals surface area contributed by atoms with Crippen molar-refractivity contribution in [3.05, 3.63) is 35.2 Å². The number of hydrogen-bond acceptors (Lipinski definition) is 6. The molecule has 2 aromatic heterocycles. The van der Waals surface area contributed by atoms with E-state index in [4.69, 9.17) is 9.15 Å². The average molecular weight is 362 g/mol. The molecule has 1 saturated carbocycles. The Hall–Kier alpha value is -2.15. The van der Waals surface area contributed by atoms with E-state index in [2.05, 4.69) is 4.98 Å². The van der Waals surface area contributed by atoms with E-state index in [-0.39, 0.29) is 17.7 Å². The highest BCUT2D eigenvalue weighted by atomic mass is 32.1. The molecule has 7 heteroatoms. The maximum atomic E-state index is 13.0. The van der Waals surface area contributed by atoms with E-state index < -0.39 is 12.1 Å². The van der Waals surface area contributed by atoms with Crippen LogP contribution in [0.3, 0.4) is 0 Å². The normalized spacial score (nSPS) is 16.4. The molecule has 2 heterocycles. The van der Waals surface area contributed by atoms with Crippen LogP contribution in [0.25, 0.3) is 0 Å². The number of esters is 1. The summed E-state index contributed by atoms with van der Waals surface area (Å²) in [6, 6.07) is 3.35. The molecule has 6 nitrogen and oxygen atoms in total. The van der Waals surface area contributed by atoms with Crippen LogP contribution in [-0.4, -0.2) is 29.0 Å². The highest BCUT2D eigenvalue weighted by Crippen LogP contribution is 2.29. The summed E-state index contributed by atoms with van der Waals surface area (Å²) in [5.74, 6) is -0.136. The second-order valence-electron chi connectivity index (χ2n) is 6.27. The van der Waals surface area contributed by atoms with Gasteiger partial charge in [0.1, 0.15) is 5.76 Å². The van der Waals surface area contributed by atoms with Gasteiger partial charge in [-0.05, 0) is 38.8 Å². The van der Waals surface area contributed by atoms with Crippen LogP contribution in [0.5, 0.6) is 0 Å². The third kappa shape index (κ3) is 4.10. The summed E-state index contributed by atoms with van der Waals surface area (Å²) in [4.78, 5) is 31.2. The predicted molar refractivity (Wildman–Crippen MR) is 94.8 cm³/mol. The van der Waals surface area contributed by atoms with Gasteiger partial charge in [-0.1, -0.05) is 19.3 Å². The molecule has 1 aliphatic carbocycles. The molecule has 0 radical (unpaired) electrons. The second kappa shape index (κ2) is 7.82. The molecule has 134 valence electrons. The molecule has 0 N–H and O–H groups in total. The zero-order valence-corrected chi connectivity index (χ0v) is 15.3. The number of carbonyl (C=O) groups is 2. The van der Waals surface area contributed by atoms with E-state index in [1.165, 1.54) is 17.8 Å². The lowest BCUT2D eigenvalue weighted by atomic mass is 9.94. The van der Waals surface area contributed by atoms with Crippen LogP contribution < -0.4 is 4.90 Å². The van der Waals surface area contributed by atoms with Crippen LogP contribution in [0.4, 0.5) is 5.13 Å². The lowest BCUT2D eigenvalue weighted by Gasteiger charge is -2.33. The Morgan fingerprint density at radius 2 is 2.08 bits per heavy atom. The Labute approximate surface area is 150 Å². The largest absolute Gasteiger partial charge is 0.454 e. The van der Waals surface area contributed by atoms with Gasteiger partial charge in [-0.25, -0.2) is 9.78 Å². The van der Waals surface area contributed by atoms with Crippen LogP contribution >= 0.6 is 11.3 Å². The number of aryl methyl sites for hydroxylation is 1. The summed E-state index contributed by atoms with van der Waals surface area (Å²) < 4.78 is 10.6. The molecule has 1 fully saturated rings. The number of furan rings is 1. The van der Waals surface area contributed by atoms with Gasteiger partial charge in [-0.2, -0.15) is 0 Å². The fourth-order valence-corrected chi connectivity index (χ4v) is 3.83. The van der Waals surface area contributed by atoms with Crippen molar-refractivity contribution in [3.63, 3.8) is 0 Å². The number of anilines is 1. The summed E-state index contributed by atoms with van der Waals surface area (Å²) in [5.41, 5.74) is 0. The number of amides is 1. The van der Waals surface area contributed by atoms with Gasteiger partial charge in [0, 0.05) is 17.6 Å². The maximum absolute atomic E-state index is 13.0. The van der Waals surface area contributed by atoms with E-state index >= 15 is 0 Å². The SMILES string of the molecule is Cc1ccc(C(=O)O[C@@H](C)C(=O)N(c2nccs2)C2CCCCC2)o1. The van der Waals surface area contributed by atoms with Crippen molar-refractivity contribution in [1.29, 1.82) is 0 Å². The first-order valence-electron chi connectivity index (χ1n) is 8.56. The number of ether oxygens (including phenoxy) is 1. The first-order valence-corrected chi connectivity index (χ1v) is 9.44. The highest BCUT2D eigenvalue weighted by Gasteiger charge is 2.33. The van der Waals surface area contributed by atoms with Crippen molar-refractivity contribution in [2.75, 3.05) is 4.90 Å². The quantitative estimate of drug-likeness (QED) is 0.753. The standard InChI is InChI=1S/C18H22N2O4S/c1-12-8-9-15(23-12)17(22)24-13(2)16(21)20(18-19-10-11-25-18)14-6-4-3-5-7-14/h8-11,13-14H,3-7H2,1-2H3/t13-/m0/s1. The molecule has 0 aromatic carbocycles. The molecule has 25 heavy (non-hydrogen) atoms. The van der Waals surface area contributed by atoms with Gasteiger partial charge < -0.3 is 9.15 Å². The van der Waals surface area contributed by atoms with Crippen molar-refractivity contribution >= 4 is 28.3 Å². The smallest absolute Gasteiger partial charge is 0.375 e. The zero-order chi connectivity index (χ0) is 17.8. The van der Waals surface area contributed by atoms with Crippen LogP contribution in [-0.2, 0) is 9.53 Å². The molecule has 0 aliphatic heterocycles. The van der Waals surface area contributed by atoms with Crippen LogP contribution in [0.2, 0.25) is 0 Å². The molecule has 0 spiro atoms. The van der Waals surface area contributed by atoms with E-state index in [0.29, 0.717) is 10.9 Å². The van der Waals surface area contributed by atoms with E-state index in [1.807, 2.05) is 5.38 Å². The first kappa shape index (κ1) is 17.7. The number of thiazole rings is 1. The van der Waals surface area contributed by atoms with Crippen molar-refractivity contribution in [2.24, 2.45) is 0 Å². The zero-order valence-electron chi connectivity index (χ0n) is 14.4. The molecule has 1 amide bonds. The van der Waals surface area contributed by atoms with Crippen LogP contribution in [0, 0.1) is 6.92 Å². The molecular weight excluding hydrogens is 340 g/mol. The highest BCUT2D eigenvalue weighted by molar-refractivity contribution is 7.13. The third-order valence-corrected chi connectivity index (χ3v) is 5.15. The lowest BCUT2D eigenvalue weighted by Crippen LogP contribution is -2.47. The monoisotopic (exact) mass is 362 g/mol. The van der Waals surface area contributed by atoms with Crippen LogP contribution in [0.1, 0.15) is 55.3 Å². The topological polar surface area (TPSA) is 72.6 Å². The second-order valence-corrected chi connectivity index (χ2v) is 7.15. The van der Waals surface area contributed by atoms with Crippen molar-refractivity contribution < 1.29 is 18.7 Å². The van der Waals surface area contributed by atoms with Gasteiger partial charge in [0.15, 0.2) is 11.2 Å². The first-order chi connectivity index (χ1) is 12.1. The van der Waals surface area contributed by atoms with Gasteiger partial charge in [0.2, 0.25) is 5.76 Å². The number of aromatic nitrogens is 1. The van der Waals surface area contributed by atoms with E-state index in [9.17, 15) is 9.59 Å². The predicted octanol–water partition coefficient (Wildman–Crippen LogP) is 3.96. The molecule has 1 aliphatic rings. The molecule has 2 aromatic rings. The van der Waals surface area contributed by atoms with Crippen molar-refractivity contribution in [3.8, 4) is 0 Å². The van der Waals surface area contributed by atoms with Gasteiger partial charge in [0.25, 0.3) is 5.91 Å². The molecule has 3 rings (SSSR count). The van der Waals surface area contributed by atoms with E-state index in [1.54, 1.807) is 37.1 Å². The Bertz CT molecular complexity index is 719. The number of rotatable bonds is 5. The summed E-state index contributed by atoms with van der Waals surface area (Å²) in [6.07, 6.45) is 6.07. The minimum atomic E-state index is -0.899. The summed E-state index contributed by atoms with van der Waals surface area (Å²) in [6.45, 7) is 3.35. The summed E-state index contributed by atoms with van der Waals surface area (Å²) in [5, 5.41) is 2.51. The maximum Gasteiger partial charge on any atom is 0.375 e. The van der Waals surface area contributed by atoms with Gasteiger partial charge >= 0.3 is 5.97 Å². The van der Waals surface area contributed by atoms with Gasteiger partial charge in [0.05, 0.1) is 0 Å². The number of hydrogen-bond donors (Lipinski definition) is 0. The van der Waals surface area contributed by atoms with Gasteiger partial charge in [-0.15, -0.1) is 11.3 Å². The Balaban J connectivity index is 1.73. The minimum Gasteiger partial charge on any atom is -0.454 e. The fourth-order valence-electron chi connectivity index (χ4n) is 3.11. The Morgan fingerprint density at radius 1 is 1.32 bits per heavy atom. The van der Waals surface area contributed by atoms with Crippen molar-refractivity contribution in [1.82, 2.24) is 4.98 Å². The minimum absolute atomic E-state index is 0.107. The molecular formula is C18H22N2O4S. The lowest BCUT2D eigenvalue weighted by molar-refractivity contribution is -0.127. The molecule has 1 atom stereocenters. The number of carbonyl (C=O) groups excluding carboxylic acids is 2. The van der Waals surface area contributed by atoms with E-state index in [0.717, 1.165) is 25.7 Å². The Kier molecular flexibility index (Phi) is 5.53. The van der Waals surface area contributed by atoms with Crippen LogP contribution in [0.15, 0.2) is 28.1 Å². The van der Waals surface area contributed by atoms with Crippen molar-refractivity contribution in [2.45, 2.75) is 58.1 Å². The van der Waals surface area contributed by atoms with Gasteiger partial charge in [-0.3, -0.25) is 9.69 Å². The summed E-state index contributed by atoms with van der Waals surface area (Å²) >= 11 is 1.42. The Morgan fingerprint density at radius 3 is 2.68 bits per heavy atom. The third-order valence-electron chi connectivity index (χ3n) is 4.38. The molecule has 0 saturated heterocycles. The average Bonchev–Trinajstić information content (AvgIpc) is 3.28. The summed E-state index contributed by atoms with van der Waals surface area (Å²) in [7, 11) is 0.